The van der Waals surface area contributed by atoms with Crippen LogP contribution < -0.4 is 5.32 Å². The molecule has 1 aromatic carbocycles. The van der Waals surface area contributed by atoms with Gasteiger partial charge in [0.25, 0.3) is 0 Å². The van der Waals surface area contributed by atoms with E-state index in [0.29, 0.717) is 12.5 Å². The van der Waals surface area contributed by atoms with Crippen molar-refractivity contribution in [2.45, 2.75) is 25.8 Å². The van der Waals surface area contributed by atoms with Gasteiger partial charge in [0.2, 0.25) is 0 Å². The minimum atomic E-state index is -0.0970. The number of aliphatic hydroxyl groups excluding tert-OH is 1. The number of hydrogen-bond donors (Lipinski definition) is 2. The van der Waals surface area contributed by atoms with Crippen molar-refractivity contribution in [3.8, 4) is 0 Å². The Morgan fingerprint density at radius 2 is 2.31 bits per heavy atom. The van der Waals surface area contributed by atoms with Gasteiger partial charge in [0.1, 0.15) is 5.82 Å². The Morgan fingerprint density at radius 1 is 1.50 bits per heavy atom. The van der Waals surface area contributed by atoms with Gasteiger partial charge in [-0.15, -0.1) is 0 Å². The monoisotopic (exact) mass is 223 g/mol. The third-order valence-corrected chi connectivity index (χ3v) is 3.38. The minimum absolute atomic E-state index is 0.0970. The molecule has 0 saturated carbocycles. The van der Waals surface area contributed by atoms with Crippen LogP contribution in [0.3, 0.4) is 0 Å². The lowest BCUT2D eigenvalue weighted by Gasteiger charge is -2.32. The second-order valence-corrected chi connectivity index (χ2v) is 4.48. The molecule has 16 heavy (non-hydrogen) atoms. The third kappa shape index (κ3) is 2.11. The highest BCUT2D eigenvalue weighted by Crippen LogP contribution is 2.35. The Kier molecular flexibility index (Phi) is 3.56. The molecule has 0 aromatic heterocycles. The van der Waals surface area contributed by atoms with Gasteiger partial charge in [0, 0.05) is 12.6 Å². The maximum Gasteiger partial charge on any atom is 0.126 e. The van der Waals surface area contributed by atoms with Crippen LogP contribution in [0.15, 0.2) is 18.2 Å². The number of benzene rings is 1. The highest BCUT2D eigenvalue weighted by Gasteiger charge is 2.27. The lowest BCUT2D eigenvalue weighted by molar-refractivity contribution is 0.263. The largest absolute Gasteiger partial charge is 0.395 e. The molecule has 0 amide bonds. The van der Waals surface area contributed by atoms with Crippen molar-refractivity contribution in [3.05, 3.63) is 35.1 Å². The molecule has 2 N–H and O–H groups in total. The van der Waals surface area contributed by atoms with E-state index in [2.05, 4.69) is 12.2 Å². The first-order valence-corrected chi connectivity index (χ1v) is 5.85. The molecule has 3 heteroatoms. The summed E-state index contributed by atoms with van der Waals surface area (Å²) in [6.45, 7) is 2.85. The molecular formula is C13H18FNO. The average molecular weight is 223 g/mol. The van der Waals surface area contributed by atoms with Gasteiger partial charge in [-0.25, -0.2) is 4.39 Å². The first-order chi connectivity index (χ1) is 7.74. The summed E-state index contributed by atoms with van der Waals surface area (Å²) in [6, 6.07) is 5.45. The molecule has 1 aliphatic rings. The smallest absolute Gasteiger partial charge is 0.126 e. The highest BCUT2D eigenvalue weighted by molar-refractivity contribution is 5.34. The van der Waals surface area contributed by atoms with Crippen LogP contribution in [-0.2, 0) is 6.42 Å². The summed E-state index contributed by atoms with van der Waals surface area (Å²) in [7, 11) is 0. The van der Waals surface area contributed by atoms with E-state index in [0.717, 1.165) is 24.0 Å². The second-order valence-electron chi connectivity index (χ2n) is 4.48. The van der Waals surface area contributed by atoms with Crippen molar-refractivity contribution < 1.29 is 9.50 Å². The SMILES string of the molecule is CC1CCc2c(F)cccc2C1NCCO. The summed E-state index contributed by atoms with van der Waals surface area (Å²) in [6.07, 6.45) is 1.82. The highest BCUT2D eigenvalue weighted by atomic mass is 19.1. The fourth-order valence-corrected chi connectivity index (χ4v) is 2.51. The quantitative estimate of drug-likeness (QED) is 0.821. The average Bonchev–Trinajstić information content (AvgIpc) is 2.28. The molecule has 0 aliphatic heterocycles. The van der Waals surface area contributed by atoms with Crippen LogP contribution >= 0.6 is 0 Å². The van der Waals surface area contributed by atoms with Crippen LogP contribution in [0.2, 0.25) is 0 Å². The van der Waals surface area contributed by atoms with E-state index in [1.807, 2.05) is 6.07 Å². The predicted molar refractivity (Wildman–Crippen MR) is 61.7 cm³/mol. The number of rotatable bonds is 3. The summed E-state index contributed by atoms with van der Waals surface area (Å²) in [5, 5.41) is 12.1. The number of fused-ring (bicyclic) bond motifs is 1. The fourth-order valence-electron chi connectivity index (χ4n) is 2.51. The van der Waals surface area contributed by atoms with Crippen LogP contribution in [0, 0.1) is 11.7 Å². The van der Waals surface area contributed by atoms with Gasteiger partial charge in [-0.05, 0) is 36.0 Å². The molecule has 2 nitrogen and oxygen atoms in total. The minimum Gasteiger partial charge on any atom is -0.395 e. The van der Waals surface area contributed by atoms with Gasteiger partial charge < -0.3 is 10.4 Å². The molecule has 0 bridgehead atoms. The number of nitrogens with one attached hydrogen (secondary N) is 1. The van der Waals surface area contributed by atoms with E-state index in [9.17, 15) is 4.39 Å². The molecule has 0 saturated heterocycles. The van der Waals surface area contributed by atoms with Crippen molar-refractivity contribution in [3.63, 3.8) is 0 Å². The Bertz CT molecular complexity index is 367. The number of hydrogen-bond acceptors (Lipinski definition) is 2. The Balaban J connectivity index is 2.29. The van der Waals surface area contributed by atoms with E-state index >= 15 is 0 Å². The fraction of sp³-hybridized carbons (Fsp3) is 0.538. The first-order valence-electron chi connectivity index (χ1n) is 5.85. The Hall–Kier alpha value is -0.930. The molecular weight excluding hydrogens is 205 g/mol. The van der Waals surface area contributed by atoms with E-state index < -0.39 is 0 Å². The zero-order chi connectivity index (χ0) is 11.5. The Morgan fingerprint density at radius 3 is 3.06 bits per heavy atom. The molecule has 0 fully saturated rings. The molecule has 2 rings (SSSR count). The Labute approximate surface area is 95.5 Å². The van der Waals surface area contributed by atoms with Crippen LogP contribution in [0.4, 0.5) is 4.39 Å². The van der Waals surface area contributed by atoms with Crippen LogP contribution in [0.1, 0.15) is 30.5 Å². The van der Waals surface area contributed by atoms with Crippen LogP contribution in [-0.4, -0.2) is 18.3 Å². The zero-order valence-corrected chi connectivity index (χ0v) is 9.54. The molecule has 0 radical (unpaired) electrons. The molecule has 2 unspecified atom stereocenters. The predicted octanol–water partition coefficient (Wildman–Crippen LogP) is 2.03. The topological polar surface area (TPSA) is 32.3 Å². The normalized spacial score (nSPS) is 24.2. The van der Waals surface area contributed by atoms with Crippen molar-refractivity contribution in [1.29, 1.82) is 0 Å². The summed E-state index contributed by atoms with van der Waals surface area (Å²) in [5.74, 6) is 0.390. The van der Waals surface area contributed by atoms with Gasteiger partial charge in [-0.1, -0.05) is 19.1 Å². The van der Waals surface area contributed by atoms with Crippen LogP contribution in [0.25, 0.3) is 0 Å². The maximum atomic E-state index is 13.6. The lowest BCUT2D eigenvalue weighted by Crippen LogP contribution is -2.33. The van der Waals surface area contributed by atoms with Crippen molar-refractivity contribution in [1.82, 2.24) is 5.32 Å². The van der Waals surface area contributed by atoms with Crippen molar-refractivity contribution >= 4 is 0 Å². The van der Waals surface area contributed by atoms with Crippen molar-refractivity contribution in [2.24, 2.45) is 5.92 Å². The lowest BCUT2D eigenvalue weighted by atomic mass is 9.80. The standard InChI is InChI=1S/C13H18FNO/c1-9-5-6-10-11(3-2-4-12(10)14)13(9)15-7-8-16/h2-4,9,13,15-16H,5-8H2,1H3. The first kappa shape index (κ1) is 11.6. The molecule has 88 valence electrons. The van der Waals surface area contributed by atoms with E-state index in [4.69, 9.17) is 5.11 Å². The van der Waals surface area contributed by atoms with E-state index in [1.54, 1.807) is 6.07 Å². The van der Waals surface area contributed by atoms with E-state index in [-0.39, 0.29) is 18.5 Å². The molecule has 2 atom stereocenters. The van der Waals surface area contributed by atoms with Gasteiger partial charge in [-0.2, -0.15) is 0 Å². The molecule has 1 aromatic rings. The third-order valence-electron chi connectivity index (χ3n) is 3.38. The molecule has 0 spiro atoms. The van der Waals surface area contributed by atoms with E-state index in [1.165, 1.54) is 6.07 Å². The summed E-state index contributed by atoms with van der Waals surface area (Å²) >= 11 is 0. The zero-order valence-electron chi connectivity index (χ0n) is 9.54. The van der Waals surface area contributed by atoms with Gasteiger partial charge in [0.05, 0.1) is 6.61 Å². The molecule has 1 aliphatic carbocycles. The van der Waals surface area contributed by atoms with Gasteiger partial charge >= 0.3 is 0 Å². The molecule has 0 heterocycles. The second kappa shape index (κ2) is 4.93. The number of halogens is 1. The van der Waals surface area contributed by atoms with Crippen molar-refractivity contribution in [2.75, 3.05) is 13.2 Å². The summed E-state index contributed by atoms with van der Waals surface area (Å²) < 4.78 is 13.6. The number of aliphatic hydroxyl groups is 1. The van der Waals surface area contributed by atoms with Crippen LogP contribution in [0.5, 0.6) is 0 Å². The summed E-state index contributed by atoms with van der Waals surface area (Å²) in [5.41, 5.74) is 1.91. The van der Waals surface area contributed by atoms with Gasteiger partial charge in [0.15, 0.2) is 0 Å². The summed E-state index contributed by atoms with van der Waals surface area (Å²) in [4.78, 5) is 0. The maximum absolute atomic E-state index is 13.6. The van der Waals surface area contributed by atoms with Gasteiger partial charge in [-0.3, -0.25) is 0 Å².